The topological polar surface area (TPSA) is 46.2 Å². The molecule has 0 amide bonds. The van der Waals surface area contributed by atoms with E-state index in [-0.39, 0.29) is 0 Å². The Morgan fingerprint density at radius 2 is 2.00 bits per heavy atom. The molecule has 0 aromatic heterocycles. The summed E-state index contributed by atoms with van der Waals surface area (Å²) < 4.78 is 22.0. The zero-order chi connectivity index (χ0) is 11.2. The Balaban J connectivity index is 3.84. The Bertz CT molecular complexity index is 268. The van der Waals surface area contributed by atoms with Crippen LogP contribution in [0.25, 0.3) is 0 Å². The maximum Gasteiger partial charge on any atom is 0.153 e. The van der Waals surface area contributed by atoms with Gasteiger partial charge in [-0.2, -0.15) is 0 Å². The molecule has 0 unspecified atom stereocenters. The molecule has 0 atom stereocenters. The van der Waals surface area contributed by atoms with Crippen molar-refractivity contribution < 1.29 is 8.42 Å². The molecule has 0 spiro atoms. The molecule has 0 saturated carbocycles. The third kappa shape index (κ3) is 4.77. The van der Waals surface area contributed by atoms with Crippen molar-refractivity contribution in [1.29, 1.82) is 0 Å². The molecule has 84 valence electrons. The summed E-state index contributed by atoms with van der Waals surface area (Å²) in [5.41, 5.74) is 0. The monoisotopic (exact) mass is 219 g/mol. The van der Waals surface area contributed by atoms with E-state index in [4.69, 9.17) is 0 Å². The van der Waals surface area contributed by atoms with E-state index in [1.807, 2.05) is 6.08 Å². The van der Waals surface area contributed by atoms with E-state index in [2.05, 4.69) is 11.9 Å². The first-order valence-electron chi connectivity index (χ1n) is 4.82. The van der Waals surface area contributed by atoms with E-state index < -0.39 is 14.6 Å². The van der Waals surface area contributed by atoms with Crippen molar-refractivity contribution in [2.24, 2.45) is 0 Å². The maximum atomic E-state index is 11.3. The molecule has 0 aliphatic carbocycles. The van der Waals surface area contributed by atoms with Crippen LogP contribution in [-0.2, 0) is 9.84 Å². The minimum absolute atomic E-state index is 0.503. The number of sulfone groups is 1. The highest BCUT2D eigenvalue weighted by Crippen LogP contribution is 2.13. The lowest BCUT2D eigenvalue weighted by molar-refractivity contribution is 0.518. The SMILES string of the molecule is C=CCCCNCC(C)(C)S(C)(=O)=O. The highest BCUT2D eigenvalue weighted by atomic mass is 32.2. The zero-order valence-electron chi connectivity index (χ0n) is 9.34. The van der Waals surface area contributed by atoms with Crippen LogP contribution in [0.3, 0.4) is 0 Å². The largest absolute Gasteiger partial charge is 0.315 e. The summed E-state index contributed by atoms with van der Waals surface area (Å²) in [7, 11) is -2.98. The van der Waals surface area contributed by atoms with E-state index in [1.54, 1.807) is 13.8 Å². The van der Waals surface area contributed by atoms with Crippen molar-refractivity contribution in [3.8, 4) is 0 Å². The van der Waals surface area contributed by atoms with Crippen LogP contribution in [0.1, 0.15) is 26.7 Å². The Hall–Kier alpha value is -0.350. The smallest absolute Gasteiger partial charge is 0.153 e. The first-order valence-corrected chi connectivity index (χ1v) is 6.71. The normalized spacial score (nSPS) is 12.8. The van der Waals surface area contributed by atoms with E-state index in [0.717, 1.165) is 19.4 Å². The van der Waals surface area contributed by atoms with Gasteiger partial charge in [-0.1, -0.05) is 6.08 Å². The lowest BCUT2D eigenvalue weighted by Crippen LogP contribution is -2.41. The van der Waals surface area contributed by atoms with Crippen molar-refractivity contribution in [2.45, 2.75) is 31.4 Å². The van der Waals surface area contributed by atoms with Gasteiger partial charge < -0.3 is 5.32 Å². The molecule has 0 bridgehead atoms. The number of unbranched alkanes of at least 4 members (excludes halogenated alkanes) is 1. The van der Waals surface area contributed by atoms with Gasteiger partial charge in [-0.3, -0.25) is 0 Å². The van der Waals surface area contributed by atoms with Crippen LogP contribution in [0.4, 0.5) is 0 Å². The Morgan fingerprint density at radius 1 is 1.43 bits per heavy atom. The molecule has 0 heterocycles. The summed E-state index contributed by atoms with van der Waals surface area (Å²) in [5.74, 6) is 0. The lowest BCUT2D eigenvalue weighted by Gasteiger charge is -2.22. The molecule has 0 fully saturated rings. The summed E-state index contributed by atoms with van der Waals surface area (Å²) in [5, 5.41) is 3.14. The summed E-state index contributed by atoms with van der Waals surface area (Å²) in [6, 6.07) is 0. The van der Waals surface area contributed by atoms with Gasteiger partial charge in [-0.15, -0.1) is 6.58 Å². The minimum Gasteiger partial charge on any atom is -0.315 e. The van der Waals surface area contributed by atoms with Crippen molar-refractivity contribution in [2.75, 3.05) is 19.3 Å². The van der Waals surface area contributed by atoms with E-state index >= 15 is 0 Å². The number of allylic oxidation sites excluding steroid dienone is 1. The molecule has 4 heteroatoms. The number of rotatable bonds is 7. The fourth-order valence-corrected chi connectivity index (χ4v) is 1.26. The summed E-state index contributed by atoms with van der Waals surface area (Å²) in [4.78, 5) is 0. The summed E-state index contributed by atoms with van der Waals surface area (Å²) in [6.45, 7) is 8.44. The molecular weight excluding hydrogens is 198 g/mol. The second kappa shape index (κ2) is 5.51. The highest BCUT2D eigenvalue weighted by Gasteiger charge is 2.29. The molecule has 0 saturated heterocycles. The van der Waals surface area contributed by atoms with E-state index in [1.165, 1.54) is 6.26 Å². The molecule has 0 rings (SSSR count). The van der Waals surface area contributed by atoms with Crippen LogP contribution in [0.15, 0.2) is 12.7 Å². The standard InChI is InChI=1S/C10H21NO2S/c1-5-6-7-8-11-9-10(2,3)14(4,12)13/h5,11H,1,6-9H2,2-4H3. The number of nitrogens with one attached hydrogen (secondary N) is 1. The third-order valence-electron chi connectivity index (χ3n) is 2.32. The van der Waals surface area contributed by atoms with Gasteiger partial charge in [-0.05, 0) is 33.2 Å². The molecule has 0 radical (unpaired) electrons. The number of hydrogen-bond donors (Lipinski definition) is 1. The van der Waals surface area contributed by atoms with Crippen molar-refractivity contribution in [3.05, 3.63) is 12.7 Å². The van der Waals surface area contributed by atoms with Crippen molar-refractivity contribution in [3.63, 3.8) is 0 Å². The summed E-state index contributed by atoms with van der Waals surface area (Å²) in [6.07, 6.45) is 5.11. The lowest BCUT2D eigenvalue weighted by atomic mass is 10.2. The van der Waals surface area contributed by atoms with Gasteiger partial charge in [-0.25, -0.2) is 8.42 Å². The quantitative estimate of drug-likeness (QED) is 0.519. The predicted octanol–water partition coefficient (Wildman–Crippen LogP) is 1.37. The van der Waals surface area contributed by atoms with Crippen LogP contribution in [0, 0.1) is 0 Å². The molecule has 0 aliphatic rings. The zero-order valence-corrected chi connectivity index (χ0v) is 10.2. The third-order valence-corrected chi connectivity index (χ3v) is 4.47. The second-order valence-corrected chi connectivity index (χ2v) is 6.79. The summed E-state index contributed by atoms with van der Waals surface area (Å²) >= 11 is 0. The Kier molecular flexibility index (Phi) is 5.37. The minimum atomic E-state index is -2.98. The van der Waals surface area contributed by atoms with Crippen LogP contribution in [0.5, 0.6) is 0 Å². The molecule has 3 nitrogen and oxygen atoms in total. The van der Waals surface area contributed by atoms with Gasteiger partial charge >= 0.3 is 0 Å². The van der Waals surface area contributed by atoms with Gasteiger partial charge in [0, 0.05) is 12.8 Å². The van der Waals surface area contributed by atoms with Crippen LogP contribution in [-0.4, -0.2) is 32.5 Å². The van der Waals surface area contributed by atoms with Crippen molar-refractivity contribution in [1.82, 2.24) is 5.32 Å². The van der Waals surface area contributed by atoms with Crippen molar-refractivity contribution >= 4 is 9.84 Å². The maximum absolute atomic E-state index is 11.3. The predicted molar refractivity (Wildman–Crippen MR) is 61.2 cm³/mol. The van der Waals surface area contributed by atoms with Crippen LogP contribution >= 0.6 is 0 Å². The molecule has 14 heavy (non-hydrogen) atoms. The van der Waals surface area contributed by atoms with Gasteiger partial charge in [0.05, 0.1) is 4.75 Å². The first kappa shape index (κ1) is 13.7. The molecular formula is C10H21NO2S. The fraction of sp³-hybridized carbons (Fsp3) is 0.800. The van der Waals surface area contributed by atoms with E-state index in [0.29, 0.717) is 6.54 Å². The number of hydrogen-bond acceptors (Lipinski definition) is 3. The van der Waals surface area contributed by atoms with Crippen LogP contribution < -0.4 is 5.32 Å². The van der Waals surface area contributed by atoms with Gasteiger partial charge in [0.2, 0.25) is 0 Å². The van der Waals surface area contributed by atoms with Gasteiger partial charge in [0.1, 0.15) is 0 Å². The van der Waals surface area contributed by atoms with Crippen LogP contribution in [0.2, 0.25) is 0 Å². The molecule has 0 aromatic rings. The Labute approximate surface area is 87.5 Å². The fourth-order valence-electron chi connectivity index (χ4n) is 0.892. The first-order chi connectivity index (χ1) is 6.31. The highest BCUT2D eigenvalue weighted by molar-refractivity contribution is 7.92. The van der Waals surface area contributed by atoms with E-state index in [9.17, 15) is 8.42 Å². The molecule has 0 aliphatic heterocycles. The van der Waals surface area contributed by atoms with Gasteiger partial charge in [0.25, 0.3) is 0 Å². The average Bonchev–Trinajstić information content (AvgIpc) is 2.02. The van der Waals surface area contributed by atoms with Gasteiger partial charge in [0.15, 0.2) is 9.84 Å². The second-order valence-electron chi connectivity index (χ2n) is 4.14. The average molecular weight is 219 g/mol. The molecule has 0 aromatic carbocycles. The Morgan fingerprint density at radius 3 is 2.43 bits per heavy atom. The molecule has 1 N–H and O–H groups in total.